The highest BCUT2D eigenvalue weighted by molar-refractivity contribution is 5.77. The van der Waals surface area contributed by atoms with E-state index in [2.05, 4.69) is 36.0 Å². The Bertz CT molecular complexity index is 1060. The lowest BCUT2D eigenvalue weighted by molar-refractivity contribution is -0.123. The Kier molecular flexibility index (Phi) is 5.18. The van der Waals surface area contributed by atoms with Crippen LogP contribution in [0.3, 0.4) is 0 Å². The summed E-state index contributed by atoms with van der Waals surface area (Å²) in [6.07, 6.45) is 4.78. The second kappa shape index (κ2) is 8.25. The number of benzene rings is 1. The quantitative estimate of drug-likeness (QED) is 0.495. The summed E-state index contributed by atoms with van der Waals surface area (Å²) < 4.78 is 12.2. The van der Waals surface area contributed by atoms with Gasteiger partial charge in [0.1, 0.15) is 18.1 Å². The Hall–Kier alpha value is -4.15. The molecule has 0 bridgehead atoms. The zero-order valence-electron chi connectivity index (χ0n) is 15.3. The van der Waals surface area contributed by atoms with E-state index in [4.69, 9.17) is 9.26 Å². The van der Waals surface area contributed by atoms with Crippen LogP contribution < -0.4 is 10.1 Å². The summed E-state index contributed by atoms with van der Waals surface area (Å²) in [6.45, 7) is 1.59. The normalized spacial score (nSPS) is 11.8. The van der Waals surface area contributed by atoms with E-state index in [0.29, 0.717) is 17.5 Å². The molecule has 3 heterocycles. The summed E-state index contributed by atoms with van der Waals surface area (Å²) >= 11 is 0. The topological polar surface area (TPSA) is 134 Å². The molecule has 0 saturated carbocycles. The molecule has 1 unspecified atom stereocenters. The third-order valence-corrected chi connectivity index (χ3v) is 3.93. The molecule has 11 heteroatoms. The van der Waals surface area contributed by atoms with Crippen LogP contribution in [0.15, 0.2) is 59.6 Å². The van der Waals surface area contributed by atoms with Gasteiger partial charge in [0.25, 0.3) is 5.91 Å². The summed E-state index contributed by atoms with van der Waals surface area (Å²) in [5, 5.41) is 17.6. The first-order valence-electron chi connectivity index (χ1n) is 8.68. The second-order valence-electron chi connectivity index (χ2n) is 6.02. The maximum absolute atomic E-state index is 12.2. The van der Waals surface area contributed by atoms with Crippen LogP contribution >= 0.6 is 0 Å². The van der Waals surface area contributed by atoms with Crippen molar-refractivity contribution in [2.24, 2.45) is 0 Å². The fourth-order valence-electron chi connectivity index (χ4n) is 2.49. The number of pyridine rings is 1. The minimum absolute atomic E-state index is 0.155. The van der Waals surface area contributed by atoms with Gasteiger partial charge in [-0.2, -0.15) is 4.98 Å². The highest BCUT2D eigenvalue weighted by atomic mass is 16.5. The number of tetrazole rings is 1. The fourth-order valence-corrected chi connectivity index (χ4v) is 2.49. The molecule has 29 heavy (non-hydrogen) atoms. The van der Waals surface area contributed by atoms with Crippen molar-refractivity contribution in [3.8, 4) is 22.8 Å². The molecule has 1 amide bonds. The number of amides is 1. The van der Waals surface area contributed by atoms with Crippen LogP contribution in [0.25, 0.3) is 17.1 Å². The Morgan fingerprint density at radius 1 is 1.28 bits per heavy atom. The van der Waals surface area contributed by atoms with Crippen molar-refractivity contribution in [1.82, 2.24) is 40.6 Å². The van der Waals surface area contributed by atoms with Crippen LogP contribution in [0, 0.1) is 0 Å². The van der Waals surface area contributed by atoms with Crippen molar-refractivity contribution in [2.75, 3.05) is 6.61 Å². The second-order valence-corrected chi connectivity index (χ2v) is 6.02. The van der Waals surface area contributed by atoms with Crippen molar-refractivity contribution in [3.05, 3.63) is 61.0 Å². The average molecular weight is 392 g/mol. The van der Waals surface area contributed by atoms with Crippen molar-refractivity contribution in [3.63, 3.8) is 0 Å². The maximum Gasteiger partial charge on any atom is 0.258 e. The van der Waals surface area contributed by atoms with E-state index < -0.39 is 6.04 Å². The molecular formula is C18H16N8O3. The number of carbonyl (C=O) groups is 1. The van der Waals surface area contributed by atoms with Crippen LogP contribution in [0.1, 0.15) is 18.9 Å². The molecular weight excluding hydrogens is 376 g/mol. The molecule has 1 aromatic carbocycles. The van der Waals surface area contributed by atoms with Crippen LogP contribution in [0.2, 0.25) is 0 Å². The van der Waals surface area contributed by atoms with E-state index in [9.17, 15) is 4.79 Å². The van der Waals surface area contributed by atoms with Crippen LogP contribution in [-0.2, 0) is 4.79 Å². The van der Waals surface area contributed by atoms with Crippen molar-refractivity contribution >= 4 is 5.91 Å². The molecule has 0 fully saturated rings. The highest BCUT2D eigenvalue weighted by Crippen LogP contribution is 2.18. The van der Waals surface area contributed by atoms with E-state index in [1.165, 1.54) is 11.0 Å². The molecule has 0 saturated heterocycles. The molecule has 4 aromatic rings. The van der Waals surface area contributed by atoms with Gasteiger partial charge in [0, 0.05) is 18.0 Å². The van der Waals surface area contributed by atoms with Gasteiger partial charge in [0.2, 0.25) is 11.7 Å². The summed E-state index contributed by atoms with van der Waals surface area (Å²) in [7, 11) is 0. The predicted molar refractivity (Wildman–Crippen MR) is 98.7 cm³/mol. The van der Waals surface area contributed by atoms with E-state index in [0.717, 1.165) is 11.3 Å². The fraction of sp³-hybridized carbons (Fsp3) is 0.167. The number of hydrogen-bond donors (Lipinski definition) is 1. The van der Waals surface area contributed by atoms with Gasteiger partial charge in [-0.25, -0.2) is 4.68 Å². The Labute approximate surface area is 164 Å². The molecule has 1 atom stereocenters. The standard InChI is InChI=1S/C18H16N8O3/c1-12(18-22-17(23-29-18)13-3-2-8-19-9-13)21-16(27)10-28-15-6-4-14(5-7-15)26-11-20-24-25-26/h2-9,11-12H,10H2,1H3,(H,21,27). The number of nitrogens with one attached hydrogen (secondary N) is 1. The summed E-state index contributed by atoms with van der Waals surface area (Å²) in [4.78, 5) is 20.5. The van der Waals surface area contributed by atoms with Gasteiger partial charge < -0.3 is 14.6 Å². The SMILES string of the molecule is CC(NC(=O)COc1ccc(-n2cnnn2)cc1)c1nc(-c2cccnc2)no1. The smallest absolute Gasteiger partial charge is 0.258 e. The number of rotatable bonds is 7. The summed E-state index contributed by atoms with van der Waals surface area (Å²) in [5.74, 6) is 0.931. The van der Waals surface area contributed by atoms with Crippen molar-refractivity contribution in [1.29, 1.82) is 0 Å². The zero-order valence-corrected chi connectivity index (χ0v) is 15.3. The van der Waals surface area contributed by atoms with Gasteiger partial charge in [0.05, 0.1) is 5.69 Å². The lowest BCUT2D eigenvalue weighted by atomic mass is 10.3. The number of aromatic nitrogens is 7. The molecule has 11 nitrogen and oxygen atoms in total. The number of nitrogens with zero attached hydrogens (tertiary/aromatic N) is 7. The van der Waals surface area contributed by atoms with Gasteiger partial charge in [-0.3, -0.25) is 9.78 Å². The van der Waals surface area contributed by atoms with E-state index >= 15 is 0 Å². The average Bonchev–Trinajstić information content (AvgIpc) is 3.46. The minimum atomic E-state index is -0.466. The molecule has 3 aromatic heterocycles. The monoisotopic (exact) mass is 392 g/mol. The zero-order chi connectivity index (χ0) is 20.1. The van der Waals surface area contributed by atoms with Gasteiger partial charge in [-0.15, -0.1) is 5.10 Å². The van der Waals surface area contributed by atoms with Crippen LogP contribution in [0.4, 0.5) is 0 Å². The molecule has 0 aliphatic rings. The predicted octanol–water partition coefficient (Wildman–Crippen LogP) is 1.36. The first kappa shape index (κ1) is 18.2. The van der Waals surface area contributed by atoms with Crippen molar-refractivity contribution in [2.45, 2.75) is 13.0 Å². The maximum atomic E-state index is 12.2. The van der Waals surface area contributed by atoms with E-state index in [-0.39, 0.29) is 12.5 Å². The molecule has 0 aliphatic carbocycles. The van der Waals surface area contributed by atoms with Gasteiger partial charge in [-0.1, -0.05) is 5.16 Å². The first-order valence-corrected chi connectivity index (χ1v) is 8.68. The van der Waals surface area contributed by atoms with Gasteiger partial charge in [-0.05, 0) is 53.7 Å². The Balaban J connectivity index is 1.30. The van der Waals surface area contributed by atoms with E-state index in [1.807, 2.05) is 6.07 Å². The molecule has 0 aliphatic heterocycles. The third-order valence-electron chi connectivity index (χ3n) is 3.93. The Morgan fingerprint density at radius 2 is 2.14 bits per heavy atom. The Morgan fingerprint density at radius 3 is 2.86 bits per heavy atom. The third kappa shape index (κ3) is 4.40. The highest BCUT2D eigenvalue weighted by Gasteiger charge is 2.17. The van der Waals surface area contributed by atoms with Gasteiger partial charge in [0.15, 0.2) is 6.61 Å². The number of carbonyl (C=O) groups excluding carboxylic acids is 1. The van der Waals surface area contributed by atoms with Crippen molar-refractivity contribution < 1.29 is 14.1 Å². The van der Waals surface area contributed by atoms with Crippen LogP contribution in [-0.4, -0.2) is 47.8 Å². The molecule has 146 valence electrons. The number of hydrogen-bond acceptors (Lipinski definition) is 9. The minimum Gasteiger partial charge on any atom is -0.484 e. The first-order chi connectivity index (χ1) is 14.2. The molecule has 1 N–H and O–H groups in total. The molecule has 4 rings (SSSR count). The molecule has 0 radical (unpaired) electrons. The lowest BCUT2D eigenvalue weighted by Crippen LogP contribution is -2.31. The van der Waals surface area contributed by atoms with Crippen LogP contribution in [0.5, 0.6) is 5.75 Å². The summed E-state index contributed by atoms with van der Waals surface area (Å²) in [6, 6.07) is 10.2. The largest absolute Gasteiger partial charge is 0.484 e. The number of ether oxygens (including phenoxy) is 1. The lowest BCUT2D eigenvalue weighted by Gasteiger charge is -2.11. The molecule has 0 spiro atoms. The summed E-state index contributed by atoms with van der Waals surface area (Å²) in [5.41, 5.74) is 1.51. The van der Waals surface area contributed by atoms with Gasteiger partial charge >= 0.3 is 0 Å². The van der Waals surface area contributed by atoms with E-state index in [1.54, 1.807) is 49.6 Å².